The summed E-state index contributed by atoms with van der Waals surface area (Å²) in [5.41, 5.74) is 3.76. The van der Waals surface area contributed by atoms with Crippen molar-refractivity contribution in [2.45, 2.75) is 0 Å². The van der Waals surface area contributed by atoms with E-state index in [0.29, 0.717) is 16.9 Å². The third-order valence-electron chi connectivity index (χ3n) is 6.15. The number of ketones is 1. The van der Waals surface area contributed by atoms with Gasteiger partial charge in [0.2, 0.25) is 0 Å². The molecule has 5 nitrogen and oxygen atoms in total. The van der Waals surface area contributed by atoms with Gasteiger partial charge in [-0.25, -0.2) is 4.39 Å². The number of nitrogens with zero attached hydrogens (tertiary/aromatic N) is 2. The van der Waals surface area contributed by atoms with Gasteiger partial charge in [0, 0.05) is 49.1 Å². The Kier molecular flexibility index (Phi) is 7.28. The van der Waals surface area contributed by atoms with Crippen molar-refractivity contribution >= 4 is 17.5 Å². The maximum atomic E-state index is 14.4. The van der Waals surface area contributed by atoms with E-state index in [0.717, 1.165) is 48.7 Å². The summed E-state index contributed by atoms with van der Waals surface area (Å²) in [7, 11) is 5.22. The van der Waals surface area contributed by atoms with E-state index in [9.17, 15) is 9.18 Å². The Morgan fingerprint density at radius 2 is 1.50 bits per heavy atom. The summed E-state index contributed by atoms with van der Waals surface area (Å²) in [4.78, 5) is 17.9. The monoisotopic (exact) mass is 460 g/mol. The minimum atomic E-state index is -0.435. The van der Waals surface area contributed by atoms with Gasteiger partial charge in [0.25, 0.3) is 0 Å². The number of allylic oxidation sites excluding steroid dienone is 1. The van der Waals surface area contributed by atoms with E-state index >= 15 is 0 Å². The van der Waals surface area contributed by atoms with Crippen LogP contribution in [0.4, 0.5) is 10.1 Å². The second kappa shape index (κ2) is 10.5. The predicted octanol–water partition coefficient (Wildman–Crippen LogP) is 5.16. The number of hydrogen-bond donors (Lipinski definition) is 0. The van der Waals surface area contributed by atoms with Gasteiger partial charge < -0.3 is 19.3 Å². The van der Waals surface area contributed by atoms with Crippen molar-refractivity contribution in [3.63, 3.8) is 0 Å². The fraction of sp³-hybridized carbons (Fsp3) is 0.250. The normalized spacial score (nSPS) is 14.4. The number of benzene rings is 3. The second-order valence-electron chi connectivity index (χ2n) is 8.34. The van der Waals surface area contributed by atoms with Gasteiger partial charge in [0.15, 0.2) is 5.78 Å². The summed E-state index contributed by atoms with van der Waals surface area (Å²) < 4.78 is 24.7. The number of anilines is 1. The number of carbonyl (C=O) groups is 1. The average Bonchev–Trinajstić information content (AvgIpc) is 2.88. The molecule has 0 saturated carbocycles. The molecule has 34 heavy (non-hydrogen) atoms. The van der Waals surface area contributed by atoms with Gasteiger partial charge in [0.05, 0.1) is 14.2 Å². The maximum Gasteiger partial charge on any atom is 0.187 e. The van der Waals surface area contributed by atoms with Crippen molar-refractivity contribution in [1.82, 2.24) is 4.90 Å². The van der Waals surface area contributed by atoms with E-state index in [1.807, 2.05) is 42.5 Å². The first kappa shape index (κ1) is 23.5. The number of piperazine rings is 1. The highest BCUT2D eigenvalue weighted by atomic mass is 19.1. The molecule has 0 spiro atoms. The summed E-state index contributed by atoms with van der Waals surface area (Å²) >= 11 is 0. The van der Waals surface area contributed by atoms with Gasteiger partial charge in [-0.2, -0.15) is 0 Å². The van der Waals surface area contributed by atoms with Gasteiger partial charge >= 0.3 is 0 Å². The Morgan fingerprint density at radius 3 is 2.15 bits per heavy atom. The minimum absolute atomic E-state index is 0.167. The molecule has 0 radical (unpaired) electrons. The van der Waals surface area contributed by atoms with Gasteiger partial charge in [0.1, 0.15) is 17.3 Å². The SMILES string of the molecule is COc1ccc(-c2ccc(N3CCN(C)CC3)c(C(=O)/C=C/c3ccc(OC)cc3F)c2)cc1. The number of rotatable bonds is 7. The van der Waals surface area contributed by atoms with Crippen LogP contribution in [0.15, 0.2) is 66.7 Å². The highest BCUT2D eigenvalue weighted by Gasteiger charge is 2.20. The fourth-order valence-corrected chi connectivity index (χ4v) is 4.04. The topological polar surface area (TPSA) is 42.0 Å². The largest absolute Gasteiger partial charge is 0.497 e. The summed E-state index contributed by atoms with van der Waals surface area (Å²) in [6.45, 7) is 3.55. The molecular weight excluding hydrogens is 431 g/mol. The average molecular weight is 461 g/mol. The lowest BCUT2D eigenvalue weighted by atomic mass is 9.98. The molecule has 1 aliphatic heterocycles. The summed E-state index contributed by atoms with van der Waals surface area (Å²) in [5, 5.41) is 0. The first-order chi connectivity index (χ1) is 16.5. The Labute approximate surface area is 200 Å². The van der Waals surface area contributed by atoms with Crippen LogP contribution in [-0.2, 0) is 0 Å². The number of hydrogen-bond acceptors (Lipinski definition) is 5. The van der Waals surface area contributed by atoms with Gasteiger partial charge in [-0.1, -0.05) is 18.2 Å². The Hall–Kier alpha value is -3.64. The lowest BCUT2D eigenvalue weighted by Crippen LogP contribution is -2.45. The molecule has 0 aromatic heterocycles. The Balaban J connectivity index is 1.68. The van der Waals surface area contributed by atoms with Crippen LogP contribution in [0.25, 0.3) is 17.2 Å². The van der Waals surface area contributed by atoms with Crippen LogP contribution in [0, 0.1) is 5.82 Å². The molecule has 1 heterocycles. The lowest BCUT2D eigenvalue weighted by Gasteiger charge is -2.35. The summed E-state index contributed by atoms with van der Waals surface area (Å²) in [6, 6.07) is 18.3. The molecular formula is C28H29FN2O3. The van der Waals surface area contributed by atoms with Crippen molar-refractivity contribution in [2.75, 3.05) is 52.3 Å². The van der Waals surface area contributed by atoms with Crippen LogP contribution in [0.2, 0.25) is 0 Å². The van der Waals surface area contributed by atoms with Gasteiger partial charge in [-0.15, -0.1) is 0 Å². The second-order valence-corrected chi connectivity index (χ2v) is 8.34. The molecule has 0 bridgehead atoms. The molecule has 0 amide bonds. The highest BCUT2D eigenvalue weighted by Crippen LogP contribution is 2.30. The van der Waals surface area contributed by atoms with Crippen LogP contribution in [0.5, 0.6) is 11.5 Å². The molecule has 6 heteroatoms. The highest BCUT2D eigenvalue weighted by molar-refractivity contribution is 6.11. The summed E-state index contributed by atoms with van der Waals surface area (Å²) in [6.07, 6.45) is 2.96. The molecule has 4 rings (SSSR count). The minimum Gasteiger partial charge on any atom is -0.497 e. The third-order valence-corrected chi connectivity index (χ3v) is 6.15. The van der Waals surface area contributed by atoms with Crippen molar-refractivity contribution in [3.8, 4) is 22.6 Å². The van der Waals surface area contributed by atoms with Gasteiger partial charge in [-0.05, 0) is 66.7 Å². The molecule has 3 aromatic carbocycles. The van der Waals surface area contributed by atoms with E-state index in [4.69, 9.17) is 9.47 Å². The molecule has 0 atom stereocenters. The molecule has 1 saturated heterocycles. The zero-order valence-electron chi connectivity index (χ0n) is 19.8. The zero-order chi connectivity index (χ0) is 24.1. The number of halogens is 1. The number of likely N-dealkylation sites (N-methyl/N-ethyl adjacent to an activating group) is 1. The third kappa shape index (κ3) is 5.29. The standard InChI is InChI=1S/C28H29FN2O3/c1-30-14-16-31(17-15-30)27-12-7-22(20-4-9-23(33-2)10-5-20)18-25(27)28(32)13-8-21-6-11-24(34-3)19-26(21)29/h4-13,18-19H,14-17H2,1-3H3/b13-8+. The van der Waals surface area contributed by atoms with Crippen molar-refractivity contribution in [2.24, 2.45) is 0 Å². The predicted molar refractivity (Wildman–Crippen MR) is 134 cm³/mol. The van der Waals surface area contributed by atoms with E-state index in [1.165, 1.54) is 25.3 Å². The van der Waals surface area contributed by atoms with Crippen LogP contribution < -0.4 is 14.4 Å². The first-order valence-corrected chi connectivity index (χ1v) is 11.3. The Morgan fingerprint density at radius 1 is 0.853 bits per heavy atom. The molecule has 0 aliphatic carbocycles. The van der Waals surface area contributed by atoms with E-state index in [2.05, 4.69) is 16.8 Å². The Bertz CT molecular complexity index is 1180. The van der Waals surface area contributed by atoms with E-state index in [-0.39, 0.29) is 5.78 Å². The molecule has 1 aliphatic rings. The molecule has 1 fully saturated rings. The molecule has 176 valence electrons. The lowest BCUT2D eigenvalue weighted by molar-refractivity contribution is 0.104. The van der Waals surface area contributed by atoms with Crippen molar-refractivity contribution in [1.29, 1.82) is 0 Å². The van der Waals surface area contributed by atoms with Crippen LogP contribution in [-0.4, -0.2) is 58.1 Å². The van der Waals surface area contributed by atoms with Crippen molar-refractivity contribution < 1.29 is 18.7 Å². The van der Waals surface area contributed by atoms with Crippen molar-refractivity contribution in [3.05, 3.63) is 83.7 Å². The number of ether oxygens (including phenoxy) is 2. The molecule has 0 unspecified atom stereocenters. The first-order valence-electron chi connectivity index (χ1n) is 11.3. The molecule has 0 N–H and O–H groups in total. The summed E-state index contributed by atoms with van der Waals surface area (Å²) in [5.74, 6) is 0.610. The van der Waals surface area contributed by atoms with Gasteiger partial charge in [-0.3, -0.25) is 4.79 Å². The van der Waals surface area contributed by atoms with E-state index in [1.54, 1.807) is 19.2 Å². The fourth-order valence-electron chi connectivity index (χ4n) is 4.04. The smallest absolute Gasteiger partial charge is 0.187 e. The van der Waals surface area contributed by atoms with Crippen LogP contribution in [0.1, 0.15) is 15.9 Å². The van der Waals surface area contributed by atoms with Crippen LogP contribution in [0.3, 0.4) is 0 Å². The van der Waals surface area contributed by atoms with Crippen LogP contribution >= 0.6 is 0 Å². The number of carbonyl (C=O) groups excluding carboxylic acids is 1. The zero-order valence-corrected chi connectivity index (χ0v) is 19.8. The molecule has 3 aromatic rings. The quantitative estimate of drug-likeness (QED) is 0.360. The van der Waals surface area contributed by atoms with E-state index < -0.39 is 5.82 Å². The number of methoxy groups -OCH3 is 2. The maximum absolute atomic E-state index is 14.4.